The van der Waals surface area contributed by atoms with Crippen LogP contribution < -0.4 is 5.73 Å². The van der Waals surface area contributed by atoms with Crippen LogP contribution in [0.15, 0.2) is 4.99 Å². The molecule has 0 aliphatic heterocycles. The molecule has 2 rings (SSSR count). The summed E-state index contributed by atoms with van der Waals surface area (Å²) in [5.41, 5.74) is 6.28. The predicted molar refractivity (Wildman–Crippen MR) is 60.5 cm³/mol. The lowest BCUT2D eigenvalue weighted by atomic mass is 10.0. The lowest BCUT2D eigenvalue weighted by molar-refractivity contribution is 0.484. The van der Waals surface area contributed by atoms with E-state index in [1.54, 1.807) is 0 Å². The standard InChI is InChI=1S/C12H22N2/c1-12(8-4-5-9-12)14-11(13)10-6-2-3-7-10/h10H,2-9H2,1H3,(H2,13,14). The van der Waals surface area contributed by atoms with E-state index in [0.717, 1.165) is 5.84 Å². The molecule has 0 spiro atoms. The Morgan fingerprint density at radius 2 is 1.71 bits per heavy atom. The zero-order chi connectivity index (χ0) is 10.0. The molecule has 2 aliphatic rings. The Bertz CT molecular complexity index is 220. The fourth-order valence-corrected chi connectivity index (χ4v) is 2.87. The average Bonchev–Trinajstić information content (AvgIpc) is 2.74. The molecule has 0 unspecified atom stereocenters. The van der Waals surface area contributed by atoms with Crippen molar-refractivity contribution in [3.8, 4) is 0 Å². The normalized spacial score (nSPS) is 28.5. The fourth-order valence-electron chi connectivity index (χ4n) is 2.87. The van der Waals surface area contributed by atoms with Gasteiger partial charge in [-0.25, -0.2) is 0 Å². The number of rotatable bonds is 2. The van der Waals surface area contributed by atoms with E-state index in [1.165, 1.54) is 51.4 Å². The molecular weight excluding hydrogens is 172 g/mol. The van der Waals surface area contributed by atoms with Crippen molar-refractivity contribution in [1.82, 2.24) is 0 Å². The molecule has 2 nitrogen and oxygen atoms in total. The molecule has 2 fully saturated rings. The maximum absolute atomic E-state index is 6.09. The SMILES string of the molecule is CC1(N=C(N)C2CCCC2)CCCC1. The van der Waals surface area contributed by atoms with E-state index in [-0.39, 0.29) is 5.54 Å². The Balaban J connectivity index is 2.00. The summed E-state index contributed by atoms with van der Waals surface area (Å²) in [5.74, 6) is 1.55. The lowest BCUT2D eigenvalue weighted by Gasteiger charge is -2.20. The Hall–Kier alpha value is -0.530. The highest BCUT2D eigenvalue weighted by Gasteiger charge is 2.29. The number of nitrogens with two attached hydrogens (primary N) is 1. The minimum Gasteiger partial charge on any atom is -0.387 e. The summed E-state index contributed by atoms with van der Waals surface area (Å²) in [7, 11) is 0. The van der Waals surface area contributed by atoms with Crippen molar-refractivity contribution >= 4 is 5.84 Å². The highest BCUT2D eigenvalue weighted by Crippen LogP contribution is 2.34. The van der Waals surface area contributed by atoms with Crippen molar-refractivity contribution < 1.29 is 0 Å². The summed E-state index contributed by atoms with van der Waals surface area (Å²) in [4.78, 5) is 4.78. The second-order valence-corrected chi connectivity index (χ2v) is 5.22. The number of amidine groups is 1. The van der Waals surface area contributed by atoms with Gasteiger partial charge in [0.1, 0.15) is 0 Å². The summed E-state index contributed by atoms with van der Waals surface area (Å²) < 4.78 is 0. The van der Waals surface area contributed by atoms with Crippen molar-refractivity contribution in [2.24, 2.45) is 16.6 Å². The van der Waals surface area contributed by atoms with Crippen LogP contribution in [0.3, 0.4) is 0 Å². The summed E-state index contributed by atoms with van der Waals surface area (Å²) in [6, 6.07) is 0. The van der Waals surface area contributed by atoms with Crippen LogP contribution in [0.4, 0.5) is 0 Å². The van der Waals surface area contributed by atoms with Gasteiger partial charge in [0, 0.05) is 5.92 Å². The van der Waals surface area contributed by atoms with Crippen molar-refractivity contribution in [3.63, 3.8) is 0 Å². The second-order valence-electron chi connectivity index (χ2n) is 5.22. The summed E-state index contributed by atoms with van der Waals surface area (Å²) >= 11 is 0. The molecule has 0 radical (unpaired) electrons. The molecule has 0 aromatic carbocycles. The molecule has 2 aliphatic carbocycles. The van der Waals surface area contributed by atoms with Crippen LogP contribution in [0, 0.1) is 5.92 Å². The van der Waals surface area contributed by atoms with Crippen LogP contribution in [0.1, 0.15) is 58.3 Å². The summed E-state index contributed by atoms with van der Waals surface area (Å²) in [5, 5.41) is 0. The van der Waals surface area contributed by atoms with Crippen LogP contribution in [0.5, 0.6) is 0 Å². The van der Waals surface area contributed by atoms with Crippen LogP contribution in [-0.4, -0.2) is 11.4 Å². The molecule has 0 saturated heterocycles. The molecule has 80 valence electrons. The minimum atomic E-state index is 0.187. The maximum Gasteiger partial charge on any atom is 0.0975 e. The van der Waals surface area contributed by atoms with Gasteiger partial charge >= 0.3 is 0 Å². The van der Waals surface area contributed by atoms with Crippen LogP contribution in [0.25, 0.3) is 0 Å². The molecule has 14 heavy (non-hydrogen) atoms. The Kier molecular flexibility index (Phi) is 2.80. The first-order valence-electron chi connectivity index (χ1n) is 6.05. The molecule has 2 saturated carbocycles. The van der Waals surface area contributed by atoms with Gasteiger partial charge in [-0.05, 0) is 32.6 Å². The van der Waals surface area contributed by atoms with Gasteiger partial charge in [0.2, 0.25) is 0 Å². The monoisotopic (exact) mass is 194 g/mol. The van der Waals surface area contributed by atoms with Gasteiger partial charge in [-0.15, -0.1) is 0 Å². The number of hydrogen-bond acceptors (Lipinski definition) is 1. The highest BCUT2D eigenvalue weighted by molar-refractivity contribution is 5.83. The largest absolute Gasteiger partial charge is 0.387 e. The Morgan fingerprint density at radius 1 is 1.14 bits per heavy atom. The van der Waals surface area contributed by atoms with Gasteiger partial charge in [-0.2, -0.15) is 0 Å². The average molecular weight is 194 g/mol. The molecule has 0 amide bonds. The summed E-state index contributed by atoms with van der Waals surface area (Å²) in [6.45, 7) is 2.27. The number of nitrogens with zero attached hydrogens (tertiary/aromatic N) is 1. The van der Waals surface area contributed by atoms with E-state index >= 15 is 0 Å². The van der Waals surface area contributed by atoms with E-state index in [4.69, 9.17) is 10.7 Å². The van der Waals surface area contributed by atoms with Gasteiger partial charge in [-0.1, -0.05) is 25.7 Å². The smallest absolute Gasteiger partial charge is 0.0975 e. The molecular formula is C12H22N2. The van der Waals surface area contributed by atoms with Gasteiger partial charge in [0.25, 0.3) is 0 Å². The lowest BCUT2D eigenvalue weighted by Crippen LogP contribution is -2.28. The first kappa shape index (κ1) is 10.0. The molecule has 0 aromatic heterocycles. The first-order valence-corrected chi connectivity index (χ1v) is 6.05. The minimum absolute atomic E-state index is 0.187. The fraction of sp³-hybridized carbons (Fsp3) is 0.917. The summed E-state index contributed by atoms with van der Waals surface area (Å²) in [6.07, 6.45) is 10.4. The number of hydrogen-bond donors (Lipinski definition) is 1. The van der Waals surface area contributed by atoms with Gasteiger partial charge in [0.15, 0.2) is 0 Å². The maximum atomic E-state index is 6.09. The molecule has 2 heteroatoms. The van der Waals surface area contributed by atoms with E-state index < -0.39 is 0 Å². The topological polar surface area (TPSA) is 38.4 Å². The van der Waals surface area contributed by atoms with Crippen LogP contribution in [-0.2, 0) is 0 Å². The Morgan fingerprint density at radius 3 is 2.29 bits per heavy atom. The third-order valence-corrected chi connectivity index (χ3v) is 3.85. The van der Waals surface area contributed by atoms with E-state index in [2.05, 4.69) is 6.92 Å². The predicted octanol–water partition coefficient (Wildman–Crippen LogP) is 2.87. The zero-order valence-electron chi connectivity index (χ0n) is 9.26. The zero-order valence-corrected chi connectivity index (χ0v) is 9.26. The van der Waals surface area contributed by atoms with E-state index in [0.29, 0.717) is 5.92 Å². The van der Waals surface area contributed by atoms with Crippen molar-refractivity contribution in [3.05, 3.63) is 0 Å². The van der Waals surface area contributed by atoms with Crippen molar-refractivity contribution in [2.75, 3.05) is 0 Å². The third kappa shape index (κ3) is 2.10. The van der Waals surface area contributed by atoms with Crippen molar-refractivity contribution in [1.29, 1.82) is 0 Å². The van der Waals surface area contributed by atoms with Gasteiger partial charge in [0.05, 0.1) is 11.4 Å². The molecule has 2 N–H and O–H groups in total. The quantitative estimate of drug-likeness (QED) is 0.533. The van der Waals surface area contributed by atoms with Gasteiger partial charge < -0.3 is 5.73 Å². The second kappa shape index (κ2) is 3.92. The van der Waals surface area contributed by atoms with Crippen LogP contribution >= 0.6 is 0 Å². The third-order valence-electron chi connectivity index (χ3n) is 3.85. The van der Waals surface area contributed by atoms with E-state index in [9.17, 15) is 0 Å². The Labute approximate surface area is 87.0 Å². The van der Waals surface area contributed by atoms with E-state index in [1.807, 2.05) is 0 Å². The molecule has 0 atom stereocenters. The van der Waals surface area contributed by atoms with Crippen molar-refractivity contribution in [2.45, 2.75) is 63.8 Å². The number of aliphatic imine (C=N–C) groups is 1. The van der Waals surface area contributed by atoms with Crippen LogP contribution in [0.2, 0.25) is 0 Å². The molecule has 0 bridgehead atoms. The molecule has 0 aromatic rings. The van der Waals surface area contributed by atoms with Gasteiger partial charge in [-0.3, -0.25) is 4.99 Å². The first-order chi connectivity index (χ1) is 6.70. The molecule has 0 heterocycles. The highest BCUT2D eigenvalue weighted by atomic mass is 14.9.